The predicted molar refractivity (Wildman–Crippen MR) is 127 cm³/mol. The van der Waals surface area contributed by atoms with Crippen LogP contribution in [0.1, 0.15) is 5.56 Å². The lowest BCUT2D eigenvalue weighted by Gasteiger charge is -2.06. The van der Waals surface area contributed by atoms with Gasteiger partial charge in [-0.3, -0.25) is 0 Å². The zero-order valence-corrected chi connectivity index (χ0v) is 17.8. The van der Waals surface area contributed by atoms with E-state index in [1.54, 1.807) is 0 Å². The number of nitrogens with zero attached hydrogens (tertiary/aromatic N) is 3. The van der Waals surface area contributed by atoms with E-state index in [1.165, 1.54) is 11.1 Å². The molecule has 0 N–H and O–H groups in total. The van der Waals surface area contributed by atoms with Crippen LogP contribution in [-0.2, 0) is 16.1 Å². The van der Waals surface area contributed by atoms with E-state index < -0.39 is 0 Å². The molecule has 33 heavy (non-hydrogen) atoms. The smallest absolute Gasteiger partial charge is 0.241 e. The zero-order valence-electron chi connectivity index (χ0n) is 17.8. The molecule has 160 valence electrons. The molecule has 0 aliphatic heterocycles. The molecule has 5 heteroatoms. The van der Waals surface area contributed by atoms with E-state index in [0.29, 0.717) is 6.54 Å². The van der Waals surface area contributed by atoms with Crippen LogP contribution < -0.4 is 0 Å². The highest BCUT2D eigenvalue weighted by molar-refractivity contribution is 5.71. The van der Waals surface area contributed by atoms with Crippen LogP contribution in [-0.4, -0.2) is 20.9 Å². The molecule has 0 bridgehead atoms. The Morgan fingerprint density at radius 1 is 0.606 bits per heavy atom. The number of rotatable bonds is 5. The summed E-state index contributed by atoms with van der Waals surface area (Å²) in [4.78, 5) is 21.2. The largest absolute Gasteiger partial charge is 0.373 e. The van der Waals surface area contributed by atoms with Crippen molar-refractivity contribution in [1.29, 1.82) is 0 Å². The maximum atomic E-state index is 8.12. The number of hydrogen-bond acceptors (Lipinski definition) is 4. The average Bonchev–Trinajstić information content (AvgIpc) is 3.30. The second-order valence-corrected chi connectivity index (χ2v) is 7.30. The van der Waals surface area contributed by atoms with Crippen molar-refractivity contribution in [3.8, 4) is 33.9 Å². The summed E-state index contributed by atoms with van der Waals surface area (Å²) in [6.45, 7) is 0.677. The molecule has 5 nitrogen and oxygen atoms in total. The summed E-state index contributed by atoms with van der Waals surface area (Å²) in [5.74, 6) is 1.61. The van der Waals surface area contributed by atoms with Crippen LogP contribution in [0.2, 0.25) is 0 Å². The molecule has 1 aromatic heterocycles. The average molecular weight is 431 g/mol. The van der Waals surface area contributed by atoms with Gasteiger partial charge in [-0.2, -0.15) is 14.7 Å². The summed E-state index contributed by atoms with van der Waals surface area (Å²) < 4.78 is 2.00. The molecule has 5 aromatic rings. The molecule has 0 saturated heterocycles. The second-order valence-electron chi connectivity index (χ2n) is 7.30. The quantitative estimate of drug-likeness (QED) is 0.356. The highest BCUT2D eigenvalue weighted by Crippen LogP contribution is 2.27. The Kier molecular flexibility index (Phi) is 6.96. The summed E-state index contributed by atoms with van der Waals surface area (Å²) in [5.41, 5.74) is 5.62. The van der Waals surface area contributed by atoms with Crippen LogP contribution >= 0.6 is 0 Å². The zero-order chi connectivity index (χ0) is 22.9. The van der Waals surface area contributed by atoms with Gasteiger partial charge in [0.1, 0.15) is 0 Å². The van der Waals surface area contributed by atoms with E-state index >= 15 is 0 Å². The predicted octanol–water partition coefficient (Wildman–Crippen LogP) is 5.74. The Balaban J connectivity index is 0.000000821. The van der Waals surface area contributed by atoms with Gasteiger partial charge in [0.25, 0.3) is 0 Å². The van der Waals surface area contributed by atoms with Crippen LogP contribution in [0.25, 0.3) is 33.9 Å². The van der Waals surface area contributed by atoms with Gasteiger partial charge in [0.15, 0.2) is 11.6 Å². The first-order valence-corrected chi connectivity index (χ1v) is 10.5. The minimum atomic E-state index is 0.250. The van der Waals surface area contributed by atoms with Gasteiger partial charge in [-0.05, 0) is 22.8 Å². The van der Waals surface area contributed by atoms with Crippen molar-refractivity contribution in [2.75, 3.05) is 0 Å². The lowest BCUT2D eigenvalue weighted by molar-refractivity contribution is -0.191. The SMILES string of the molecule is O=C=O.c1ccc(Cn2nc(-c3cccc(-c4ccccc4)c3)nc2-c2ccccc2)cc1. The van der Waals surface area contributed by atoms with Gasteiger partial charge in [0.05, 0.1) is 6.54 Å². The van der Waals surface area contributed by atoms with Crippen LogP contribution in [0, 0.1) is 0 Å². The molecule has 0 aliphatic carbocycles. The third-order valence-corrected chi connectivity index (χ3v) is 5.11. The molecule has 0 amide bonds. The first-order valence-electron chi connectivity index (χ1n) is 10.5. The van der Waals surface area contributed by atoms with Crippen molar-refractivity contribution < 1.29 is 9.59 Å². The van der Waals surface area contributed by atoms with Gasteiger partial charge in [-0.1, -0.05) is 109 Å². The Morgan fingerprint density at radius 2 is 1.12 bits per heavy atom. The highest BCUT2D eigenvalue weighted by atomic mass is 16.2. The van der Waals surface area contributed by atoms with Crippen LogP contribution in [0.5, 0.6) is 0 Å². The molecule has 5 rings (SSSR count). The number of carbonyl (C=O) groups excluding carboxylic acids is 2. The molecule has 0 atom stereocenters. The molecule has 0 radical (unpaired) electrons. The van der Waals surface area contributed by atoms with Crippen LogP contribution in [0.3, 0.4) is 0 Å². The molecular weight excluding hydrogens is 410 g/mol. The molecular formula is C28H21N3O2. The third-order valence-electron chi connectivity index (χ3n) is 5.11. The minimum Gasteiger partial charge on any atom is -0.241 e. The second kappa shape index (κ2) is 10.6. The fourth-order valence-corrected chi connectivity index (χ4v) is 3.60. The first kappa shape index (κ1) is 21.6. The molecule has 0 fully saturated rings. The molecule has 0 aliphatic rings. The van der Waals surface area contributed by atoms with E-state index in [0.717, 1.165) is 28.3 Å². The fraction of sp³-hybridized carbons (Fsp3) is 0.0357. The lowest BCUT2D eigenvalue weighted by atomic mass is 10.0. The summed E-state index contributed by atoms with van der Waals surface area (Å²) >= 11 is 0. The molecule has 4 aromatic carbocycles. The van der Waals surface area contributed by atoms with Gasteiger partial charge >= 0.3 is 6.15 Å². The standard InChI is InChI=1S/C27H21N3.CO2/c1-4-11-21(12-5-1)20-30-27(23-15-8-3-9-16-23)28-26(29-30)25-18-10-17-24(19-25)22-13-6-2-7-14-22;2-1-3/h1-19H,20H2;. The van der Waals surface area contributed by atoms with Crippen molar-refractivity contribution in [3.63, 3.8) is 0 Å². The highest BCUT2D eigenvalue weighted by Gasteiger charge is 2.14. The van der Waals surface area contributed by atoms with E-state index in [1.807, 2.05) is 35.0 Å². The maximum Gasteiger partial charge on any atom is 0.373 e. The van der Waals surface area contributed by atoms with Gasteiger partial charge in [0.2, 0.25) is 0 Å². The summed E-state index contributed by atoms with van der Waals surface area (Å²) in [5, 5.41) is 4.89. The van der Waals surface area contributed by atoms with Crippen LogP contribution in [0.15, 0.2) is 115 Å². The van der Waals surface area contributed by atoms with Gasteiger partial charge in [-0.25, -0.2) is 9.67 Å². The van der Waals surface area contributed by atoms with E-state index in [-0.39, 0.29) is 6.15 Å². The summed E-state index contributed by atoms with van der Waals surface area (Å²) in [7, 11) is 0. The van der Waals surface area contributed by atoms with Crippen molar-refractivity contribution in [1.82, 2.24) is 14.8 Å². The van der Waals surface area contributed by atoms with E-state index in [2.05, 4.69) is 84.9 Å². The Labute approximate surface area is 192 Å². The van der Waals surface area contributed by atoms with Gasteiger partial charge < -0.3 is 0 Å². The van der Waals surface area contributed by atoms with Crippen molar-refractivity contribution in [3.05, 3.63) is 121 Å². The Hall–Kier alpha value is -4.60. The number of aromatic nitrogens is 3. The first-order chi connectivity index (χ1) is 16.3. The lowest BCUT2D eigenvalue weighted by Crippen LogP contribution is -2.04. The molecule has 1 heterocycles. The normalized spacial score (nSPS) is 10.1. The third kappa shape index (κ3) is 5.37. The topological polar surface area (TPSA) is 64.8 Å². The summed E-state index contributed by atoms with van der Waals surface area (Å²) in [6, 6.07) is 39.4. The number of benzene rings is 4. The van der Waals surface area contributed by atoms with Crippen LogP contribution in [0.4, 0.5) is 0 Å². The van der Waals surface area contributed by atoms with E-state index in [4.69, 9.17) is 19.7 Å². The van der Waals surface area contributed by atoms with Gasteiger partial charge in [0, 0.05) is 11.1 Å². The maximum absolute atomic E-state index is 8.12. The molecule has 0 unspecified atom stereocenters. The summed E-state index contributed by atoms with van der Waals surface area (Å²) in [6.07, 6.45) is 0.250. The number of hydrogen-bond donors (Lipinski definition) is 0. The minimum absolute atomic E-state index is 0.250. The Bertz CT molecular complexity index is 1340. The molecule has 0 saturated carbocycles. The monoisotopic (exact) mass is 431 g/mol. The van der Waals surface area contributed by atoms with Crippen molar-refractivity contribution in [2.24, 2.45) is 0 Å². The molecule has 0 spiro atoms. The van der Waals surface area contributed by atoms with Crippen molar-refractivity contribution in [2.45, 2.75) is 6.54 Å². The fourth-order valence-electron chi connectivity index (χ4n) is 3.60. The Morgan fingerprint density at radius 3 is 1.76 bits per heavy atom. The van der Waals surface area contributed by atoms with E-state index in [9.17, 15) is 0 Å². The van der Waals surface area contributed by atoms with Crippen molar-refractivity contribution >= 4 is 6.15 Å². The van der Waals surface area contributed by atoms with Gasteiger partial charge in [-0.15, -0.1) is 0 Å².